The second-order valence-electron chi connectivity index (χ2n) is 8.65. The second-order valence-corrected chi connectivity index (χ2v) is 8.65. The average molecular weight is 534 g/mol. The second kappa shape index (κ2) is 10.2. The molecule has 2 nitrogen and oxygen atoms in total. The van der Waals surface area contributed by atoms with Crippen molar-refractivity contribution in [3.05, 3.63) is 82.9 Å². The molecule has 37 heavy (non-hydrogen) atoms. The number of alkyl halides is 5. The summed E-state index contributed by atoms with van der Waals surface area (Å²) in [6.45, 7) is 0. The topological polar surface area (TPSA) is 18.5 Å². The smallest absolute Gasteiger partial charge is 0.429 e. The van der Waals surface area contributed by atoms with E-state index in [2.05, 4.69) is 9.47 Å². The quantitative estimate of drug-likeness (QED) is 0.294. The molecule has 0 aliphatic heterocycles. The van der Waals surface area contributed by atoms with Gasteiger partial charge in [-0.25, -0.2) is 17.6 Å². The van der Waals surface area contributed by atoms with Gasteiger partial charge in [-0.3, -0.25) is 0 Å². The predicted octanol–water partition coefficient (Wildman–Crippen LogP) is 8.98. The third-order valence-electron chi connectivity index (χ3n) is 6.09. The molecule has 1 fully saturated rings. The number of hydrogen-bond acceptors (Lipinski definition) is 2. The molecule has 0 unspecified atom stereocenters. The van der Waals surface area contributed by atoms with Crippen molar-refractivity contribution in [2.45, 2.75) is 50.5 Å². The van der Waals surface area contributed by atoms with Crippen molar-refractivity contribution in [1.29, 1.82) is 0 Å². The molecule has 4 rings (SSSR count). The number of hydrogen-bond donors (Lipinski definition) is 0. The Morgan fingerprint density at radius 3 is 1.86 bits per heavy atom. The molecular weight excluding hydrogens is 515 g/mol. The Bertz CT molecular complexity index is 1260. The van der Waals surface area contributed by atoms with Crippen LogP contribution in [0, 0.1) is 23.3 Å². The monoisotopic (exact) mass is 534 g/mol. The van der Waals surface area contributed by atoms with Gasteiger partial charge in [-0.15, -0.1) is 13.2 Å². The van der Waals surface area contributed by atoms with Crippen molar-refractivity contribution in [3.8, 4) is 22.6 Å². The molecule has 1 saturated carbocycles. The fourth-order valence-corrected chi connectivity index (χ4v) is 4.41. The minimum absolute atomic E-state index is 0.141. The molecule has 11 heteroatoms. The highest BCUT2D eigenvalue weighted by Crippen LogP contribution is 2.39. The van der Waals surface area contributed by atoms with Gasteiger partial charge in [-0.2, -0.15) is 8.78 Å². The lowest BCUT2D eigenvalue weighted by molar-refractivity contribution is -0.275. The van der Waals surface area contributed by atoms with Gasteiger partial charge in [0.25, 0.3) is 0 Å². The zero-order valence-corrected chi connectivity index (χ0v) is 18.9. The highest BCUT2D eigenvalue weighted by atomic mass is 19.4. The first-order chi connectivity index (χ1) is 17.3. The van der Waals surface area contributed by atoms with Gasteiger partial charge in [0.2, 0.25) is 0 Å². The molecule has 0 spiro atoms. The minimum Gasteiger partial charge on any atom is -0.429 e. The first-order valence-electron chi connectivity index (χ1n) is 11.3. The Balaban J connectivity index is 1.58. The van der Waals surface area contributed by atoms with E-state index in [1.54, 1.807) is 6.07 Å². The van der Waals surface area contributed by atoms with Gasteiger partial charge in [0.1, 0.15) is 28.8 Å². The SMILES string of the molecule is Fc1cc(OC(F)(F)c2c(F)cc(-c3ccc(C4CCCCC4)cc3F)cc2F)ccc1OC(F)(F)F. The van der Waals surface area contributed by atoms with E-state index in [1.165, 1.54) is 12.1 Å². The van der Waals surface area contributed by atoms with Gasteiger partial charge in [0, 0.05) is 11.6 Å². The van der Waals surface area contributed by atoms with Crippen LogP contribution in [0.3, 0.4) is 0 Å². The molecule has 1 aliphatic carbocycles. The Morgan fingerprint density at radius 2 is 1.30 bits per heavy atom. The molecule has 0 amide bonds. The number of rotatable bonds is 6. The fraction of sp³-hybridized carbons (Fsp3) is 0.308. The van der Waals surface area contributed by atoms with Crippen LogP contribution in [-0.4, -0.2) is 6.36 Å². The number of benzene rings is 3. The summed E-state index contributed by atoms with van der Waals surface area (Å²) in [5.74, 6) is -8.18. The largest absolute Gasteiger partial charge is 0.573 e. The van der Waals surface area contributed by atoms with Gasteiger partial charge in [0.05, 0.1) is 0 Å². The van der Waals surface area contributed by atoms with Crippen LogP contribution in [0.2, 0.25) is 0 Å². The van der Waals surface area contributed by atoms with E-state index < -0.39 is 52.8 Å². The summed E-state index contributed by atoms with van der Waals surface area (Å²) >= 11 is 0. The van der Waals surface area contributed by atoms with E-state index in [0.29, 0.717) is 24.3 Å². The summed E-state index contributed by atoms with van der Waals surface area (Å²) in [7, 11) is 0. The molecule has 0 radical (unpaired) electrons. The third-order valence-corrected chi connectivity index (χ3v) is 6.09. The van der Waals surface area contributed by atoms with E-state index >= 15 is 0 Å². The van der Waals surface area contributed by atoms with E-state index in [-0.39, 0.29) is 23.1 Å². The van der Waals surface area contributed by atoms with Crippen LogP contribution in [0.1, 0.15) is 49.1 Å². The first kappa shape index (κ1) is 26.7. The molecule has 1 aliphatic rings. The number of ether oxygens (including phenoxy) is 2. The van der Waals surface area contributed by atoms with Crippen molar-refractivity contribution in [2.24, 2.45) is 0 Å². The lowest BCUT2D eigenvalue weighted by Crippen LogP contribution is -2.25. The Hall–Kier alpha value is -3.37. The molecule has 0 saturated heterocycles. The van der Waals surface area contributed by atoms with Crippen molar-refractivity contribution in [2.75, 3.05) is 0 Å². The molecule has 0 aromatic heterocycles. The van der Waals surface area contributed by atoms with E-state index in [9.17, 15) is 39.5 Å². The van der Waals surface area contributed by atoms with Gasteiger partial charge >= 0.3 is 12.5 Å². The van der Waals surface area contributed by atoms with Crippen LogP contribution in [-0.2, 0) is 6.11 Å². The van der Waals surface area contributed by atoms with Crippen LogP contribution in [0.5, 0.6) is 11.5 Å². The normalized spacial score (nSPS) is 15.1. The van der Waals surface area contributed by atoms with E-state index in [4.69, 9.17) is 0 Å². The van der Waals surface area contributed by atoms with E-state index in [0.717, 1.165) is 37.7 Å². The lowest BCUT2D eigenvalue weighted by atomic mass is 9.83. The minimum atomic E-state index is -5.24. The van der Waals surface area contributed by atoms with Gasteiger partial charge in [0.15, 0.2) is 11.6 Å². The molecular formula is C26H19F9O2. The van der Waals surface area contributed by atoms with E-state index in [1.807, 2.05) is 0 Å². The summed E-state index contributed by atoms with van der Waals surface area (Å²) in [5, 5.41) is 0. The molecule has 0 N–H and O–H groups in total. The van der Waals surface area contributed by atoms with Crippen LogP contribution in [0.4, 0.5) is 39.5 Å². The molecule has 3 aromatic carbocycles. The maximum atomic E-state index is 14.8. The highest BCUT2D eigenvalue weighted by Gasteiger charge is 2.41. The van der Waals surface area contributed by atoms with Crippen LogP contribution >= 0.6 is 0 Å². The molecule has 198 valence electrons. The standard InChI is InChI=1S/C26H19F9O2/c27-19-10-15(14-4-2-1-3-5-14)6-8-18(19)16-11-21(29)24(22(30)12-16)25(31,32)36-17-7-9-23(20(28)13-17)37-26(33,34)35/h6-14H,1-5H2. The summed E-state index contributed by atoms with van der Waals surface area (Å²) in [6, 6.07) is 6.27. The first-order valence-corrected chi connectivity index (χ1v) is 11.3. The average Bonchev–Trinajstić information content (AvgIpc) is 2.79. The lowest BCUT2D eigenvalue weighted by Gasteiger charge is -2.22. The molecule has 3 aromatic rings. The van der Waals surface area contributed by atoms with Crippen LogP contribution in [0.15, 0.2) is 48.5 Å². The maximum absolute atomic E-state index is 14.8. The Labute approximate surface area is 205 Å². The van der Waals surface area contributed by atoms with Crippen molar-refractivity contribution in [3.63, 3.8) is 0 Å². The van der Waals surface area contributed by atoms with Gasteiger partial charge < -0.3 is 9.47 Å². The van der Waals surface area contributed by atoms with Crippen molar-refractivity contribution >= 4 is 0 Å². The Morgan fingerprint density at radius 1 is 0.649 bits per heavy atom. The van der Waals surface area contributed by atoms with Gasteiger partial charge in [-0.05, 0) is 60.2 Å². The van der Waals surface area contributed by atoms with Crippen molar-refractivity contribution in [1.82, 2.24) is 0 Å². The summed E-state index contributed by atoms with van der Waals surface area (Å²) in [5.41, 5.74) is -1.62. The molecule has 0 heterocycles. The Kier molecular flexibility index (Phi) is 7.34. The van der Waals surface area contributed by atoms with Gasteiger partial charge in [-0.1, -0.05) is 31.4 Å². The third kappa shape index (κ3) is 6.14. The van der Waals surface area contributed by atoms with Crippen molar-refractivity contribution < 1.29 is 49.0 Å². The zero-order valence-electron chi connectivity index (χ0n) is 18.9. The fourth-order valence-electron chi connectivity index (χ4n) is 4.41. The summed E-state index contributed by atoms with van der Waals surface area (Å²) < 4.78 is 132. The maximum Gasteiger partial charge on any atom is 0.573 e. The summed E-state index contributed by atoms with van der Waals surface area (Å²) in [4.78, 5) is 0. The summed E-state index contributed by atoms with van der Waals surface area (Å²) in [6.07, 6.45) is -5.02. The predicted molar refractivity (Wildman–Crippen MR) is 115 cm³/mol. The van der Waals surface area contributed by atoms with Crippen LogP contribution in [0.25, 0.3) is 11.1 Å². The number of halogens is 9. The zero-order chi connectivity index (χ0) is 27.0. The molecule has 0 atom stereocenters. The van der Waals surface area contributed by atoms with Crippen LogP contribution < -0.4 is 9.47 Å². The highest BCUT2D eigenvalue weighted by molar-refractivity contribution is 5.65. The molecule has 0 bridgehead atoms.